The Kier molecular flexibility index (Phi) is 8.05. The summed E-state index contributed by atoms with van der Waals surface area (Å²) in [6.07, 6.45) is 4.90. The lowest BCUT2D eigenvalue weighted by Crippen LogP contribution is -2.48. The lowest BCUT2D eigenvalue weighted by atomic mass is 10.0. The Bertz CT molecular complexity index is 1000. The number of para-hydroxylation sites is 1. The van der Waals surface area contributed by atoms with Crippen molar-refractivity contribution in [3.05, 3.63) is 40.4 Å². The number of nitrogens with zero attached hydrogens (tertiary/aromatic N) is 4. The van der Waals surface area contributed by atoms with E-state index in [4.69, 9.17) is 4.98 Å². The highest BCUT2D eigenvalue weighted by Gasteiger charge is 2.32. The molecule has 3 aliphatic heterocycles. The van der Waals surface area contributed by atoms with E-state index in [1.165, 1.54) is 16.9 Å². The Labute approximate surface area is 207 Å². The molecule has 1 N–H and O–H groups in total. The number of aromatic nitrogens is 1. The van der Waals surface area contributed by atoms with Gasteiger partial charge in [-0.2, -0.15) is 0 Å². The number of hydrogen-bond acceptors (Lipinski definition) is 6. The van der Waals surface area contributed by atoms with Crippen molar-refractivity contribution in [2.24, 2.45) is 0 Å². The molecule has 186 valence electrons. The number of urea groups is 1. The van der Waals surface area contributed by atoms with Crippen molar-refractivity contribution in [2.45, 2.75) is 45.1 Å². The lowest BCUT2D eigenvalue weighted by Gasteiger charge is -2.37. The fourth-order valence-corrected chi connectivity index (χ4v) is 5.97. The summed E-state index contributed by atoms with van der Waals surface area (Å²) in [4.78, 5) is 37.4. The van der Waals surface area contributed by atoms with Crippen LogP contribution in [0.5, 0.6) is 0 Å². The van der Waals surface area contributed by atoms with Gasteiger partial charge < -0.3 is 24.8 Å². The van der Waals surface area contributed by atoms with Gasteiger partial charge in [0.05, 0.1) is 5.69 Å². The van der Waals surface area contributed by atoms with Gasteiger partial charge in [-0.1, -0.05) is 29.5 Å². The van der Waals surface area contributed by atoms with Gasteiger partial charge in [0.1, 0.15) is 4.88 Å². The first-order valence-electron chi connectivity index (χ1n) is 12.1. The molecule has 2 aromatic rings. The van der Waals surface area contributed by atoms with Crippen molar-refractivity contribution in [1.29, 1.82) is 0 Å². The van der Waals surface area contributed by atoms with Crippen molar-refractivity contribution in [1.82, 2.24) is 14.8 Å². The number of ether oxygens (including phenoxy) is 1. The predicted molar refractivity (Wildman–Crippen MR) is 138 cm³/mol. The van der Waals surface area contributed by atoms with Gasteiger partial charge in [0.25, 0.3) is 5.91 Å². The number of aryl methyl sites for hydroxylation is 1. The van der Waals surface area contributed by atoms with E-state index >= 15 is 0 Å². The van der Waals surface area contributed by atoms with Crippen LogP contribution in [0.15, 0.2) is 24.3 Å². The molecule has 1 aromatic heterocycles. The van der Waals surface area contributed by atoms with E-state index in [0.29, 0.717) is 0 Å². The third-order valence-electron chi connectivity index (χ3n) is 6.69. The zero-order chi connectivity index (χ0) is 24.1. The number of benzene rings is 1. The molecule has 0 unspecified atom stereocenters. The van der Waals surface area contributed by atoms with E-state index in [2.05, 4.69) is 21.0 Å². The van der Waals surface area contributed by atoms with E-state index in [9.17, 15) is 9.59 Å². The topological polar surface area (TPSA) is 78.0 Å². The summed E-state index contributed by atoms with van der Waals surface area (Å²) in [6.45, 7) is 6.11. The molecule has 0 radical (unpaired) electrons. The van der Waals surface area contributed by atoms with E-state index in [0.717, 1.165) is 86.2 Å². The number of rotatable bonds is 3. The number of carbonyl (C=O) groups is 2. The summed E-state index contributed by atoms with van der Waals surface area (Å²) in [7, 11) is 3.25. The molecule has 0 saturated carbocycles. The maximum atomic E-state index is 12.8. The van der Waals surface area contributed by atoms with Crippen LogP contribution in [-0.4, -0.2) is 79.7 Å². The number of likely N-dealkylation sites (tertiary alicyclic amines) is 1. The number of nitrogens with one attached hydrogen (secondary N) is 1. The molecule has 8 nitrogen and oxygen atoms in total. The molecule has 5 rings (SSSR count). The minimum absolute atomic E-state index is 0. The van der Waals surface area contributed by atoms with Crippen LogP contribution in [-0.2, 0) is 11.2 Å². The highest BCUT2D eigenvalue weighted by Crippen LogP contribution is 2.31. The fraction of sp³-hybridized carbons (Fsp3) is 0.560. The molecule has 0 spiro atoms. The average Bonchev–Trinajstić information content (AvgIpc) is 3.47. The van der Waals surface area contributed by atoms with Crippen LogP contribution in [0.1, 0.15) is 48.0 Å². The molecule has 2 saturated heterocycles. The third-order valence-corrected chi connectivity index (χ3v) is 7.90. The predicted octanol–water partition coefficient (Wildman–Crippen LogP) is 4.26. The maximum absolute atomic E-state index is 12.8. The molecule has 0 atom stereocenters. The maximum Gasteiger partial charge on any atom is 0.322 e. The second kappa shape index (κ2) is 11.2. The molecule has 0 aliphatic carbocycles. The van der Waals surface area contributed by atoms with Gasteiger partial charge in [-0.25, -0.2) is 9.78 Å². The molecular formula is C25H37N5O3S. The highest BCUT2D eigenvalue weighted by atomic mass is 32.1. The zero-order valence-electron chi connectivity index (χ0n) is 20.4. The normalized spacial score (nSPS) is 18.7. The Morgan fingerprint density at radius 1 is 1.12 bits per heavy atom. The Morgan fingerprint density at radius 3 is 2.50 bits per heavy atom. The number of fused-ring (bicyclic) bond motifs is 1. The Morgan fingerprint density at radius 2 is 1.79 bits per heavy atom. The van der Waals surface area contributed by atoms with Gasteiger partial charge in [0, 0.05) is 60.1 Å². The van der Waals surface area contributed by atoms with Crippen molar-refractivity contribution in [3.63, 3.8) is 0 Å². The van der Waals surface area contributed by atoms with Crippen molar-refractivity contribution in [3.8, 4) is 0 Å². The van der Waals surface area contributed by atoms with E-state index in [1.807, 2.05) is 34.9 Å². The smallest absolute Gasteiger partial charge is 0.322 e. The number of thiazole rings is 1. The van der Waals surface area contributed by atoms with Gasteiger partial charge >= 0.3 is 6.03 Å². The summed E-state index contributed by atoms with van der Waals surface area (Å²) >= 11 is 1.52. The summed E-state index contributed by atoms with van der Waals surface area (Å²) < 4.78 is 4.25. The average molecular weight is 488 g/mol. The minimum atomic E-state index is 0. The minimum Gasteiger partial charge on any atom is -0.388 e. The Hall–Kier alpha value is -2.65. The van der Waals surface area contributed by atoms with E-state index in [-0.39, 0.29) is 19.4 Å². The number of piperidine rings is 1. The number of carbonyl (C=O) groups excluding carboxylic acids is 2. The summed E-state index contributed by atoms with van der Waals surface area (Å²) in [5.41, 5.74) is 2.97. The van der Waals surface area contributed by atoms with Crippen molar-refractivity contribution < 1.29 is 15.8 Å². The fourth-order valence-electron chi connectivity index (χ4n) is 4.89. The highest BCUT2D eigenvalue weighted by molar-refractivity contribution is 7.17. The SMILES string of the molecule is COC.Cc1nc(N2CCC(N3CCc4ccccc4NC3=O)CC2)sc1C(=O)N1CCCC1.[HH]. The van der Waals surface area contributed by atoms with Crippen LogP contribution in [0.2, 0.25) is 0 Å². The quantitative estimate of drug-likeness (QED) is 0.700. The second-order valence-corrected chi connectivity index (χ2v) is 10.0. The molecule has 2 fully saturated rings. The zero-order valence-corrected chi connectivity index (χ0v) is 21.2. The van der Waals surface area contributed by atoms with E-state index in [1.54, 1.807) is 14.2 Å². The molecule has 3 aliphatic rings. The molecule has 0 bridgehead atoms. The summed E-state index contributed by atoms with van der Waals surface area (Å²) in [5.74, 6) is 0.134. The summed E-state index contributed by atoms with van der Waals surface area (Å²) in [5, 5.41) is 4.02. The molecule has 34 heavy (non-hydrogen) atoms. The van der Waals surface area contributed by atoms with Crippen LogP contribution in [0.3, 0.4) is 0 Å². The van der Waals surface area contributed by atoms with Crippen molar-refractivity contribution in [2.75, 3.05) is 57.2 Å². The summed E-state index contributed by atoms with van der Waals surface area (Å²) in [6, 6.07) is 8.30. The van der Waals surface area contributed by atoms with Gasteiger partial charge in [-0.05, 0) is 50.7 Å². The largest absolute Gasteiger partial charge is 0.388 e. The monoisotopic (exact) mass is 487 g/mol. The molecule has 1 aromatic carbocycles. The van der Waals surface area contributed by atoms with Gasteiger partial charge in [0.15, 0.2) is 5.13 Å². The molecule has 4 heterocycles. The first-order chi connectivity index (χ1) is 16.5. The second-order valence-electron chi connectivity index (χ2n) is 9.07. The van der Waals surface area contributed by atoms with Crippen LogP contribution in [0.4, 0.5) is 15.6 Å². The first kappa shape index (κ1) is 24.5. The van der Waals surface area contributed by atoms with Gasteiger partial charge in [-0.3, -0.25) is 4.79 Å². The van der Waals surface area contributed by atoms with Gasteiger partial charge in [-0.15, -0.1) is 0 Å². The van der Waals surface area contributed by atoms with Crippen LogP contribution >= 0.6 is 11.3 Å². The van der Waals surface area contributed by atoms with Crippen molar-refractivity contribution >= 4 is 34.1 Å². The van der Waals surface area contributed by atoms with Crippen LogP contribution < -0.4 is 10.2 Å². The number of methoxy groups -OCH3 is 1. The standard InChI is InChI=1S/C23H29N5O2S.C2H6O.H2/c1-16-20(21(29)26-11-4-5-12-26)31-23(24-16)27-13-9-18(10-14-27)28-15-8-17-6-2-3-7-19(17)25-22(28)30;1-3-2;/h2-3,6-7,18H,4-5,8-15H2,1H3,(H,25,30);1-2H3;1H. The Balaban J connectivity index is 0.000000815. The molecule has 3 amide bonds. The third kappa shape index (κ3) is 5.36. The number of anilines is 2. The van der Waals surface area contributed by atoms with Gasteiger partial charge in [0.2, 0.25) is 0 Å². The lowest BCUT2D eigenvalue weighted by molar-refractivity contribution is 0.0796. The number of hydrogen-bond donors (Lipinski definition) is 1. The molecular weight excluding hydrogens is 450 g/mol. The molecule has 9 heteroatoms. The van der Waals surface area contributed by atoms with E-state index < -0.39 is 0 Å². The van der Waals surface area contributed by atoms with Crippen LogP contribution in [0.25, 0.3) is 0 Å². The number of amides is 3. The van der Waals surface area contributed by atoms with Crippen LogP contribution in [0, 0.1) is 6.92 Å². The first-order valence-corrected chi connectivity index (χ1v) is 12.9.